The molecule has 1 aliphatic carbocycles. The Morgan fingerprint density at radius 2 is 2.17 bits per heavy atom. The van der Waals surface area contributed by atoms with E-state index in [1.165, 1.54) is 25.7 Å². The summed E-state index contributed by atoms with van der Waals surface area (Å²) in [5.41, 5.74) is 3.12. The third-order valence-corrected chi connectivity index (χ3v) is 3.14. The van der Waals surface area contributed by atoms with Crippen LogP contribution in [-0.4, -0.2) is 18.4 Å². The molecule has 3 rings (SSSR count). The molecule has 12 heavy (non-hydrogen) atoms. The minimum absolute atomic E-state index is 0.0885. The van der Waals surface area contributed by atoms with Crippen LogP contribution in [0.25, 0.3) is 0 Å². The largest absolute Gasteiger partial charge is 0.343 e. The van der Waals surface area contributed by atoms with Crippen LogP contribution in [0.4, 0.5) is 0 Å². The molecule has 2 aliphatic heterocycles. The van der Waals surface area contributed by atoms with Crippen LogP contribution in [0.15, 0.2) is 10.3 Å². The van der Waals surface area contributed by atoms with Crippen molar-refractivity contribution >= 4 is 0 Å². The lowest BCUT2D eigenvalue weighted by atomic mass is 9.82. The maximum absolute atomic E-state index is 5.43. The van der Waals surface area contributed by atoms with Crippen molar-refractivity contribution in [2.45, 2.75) is 44.1 Å². The molecule has 0 bridgehead atoms. The van der Waals surface area contributed by atoms with Gasteiger partial charge < -0.3 is 4.74 Å². The molecule has 0 spiro atoms. The third kappa shape index (κ3) is 0.941. The fourth-order valence-corrected chi connectivity index (χ4v) is 2.40. The Morgan fingerprint density at radius 3 is 3.17 bits per heavy atom. The van der Waals surface area contributed by atoms with Gasteiger partial charge in [-0.25, -0.2) is 0 Å². The zero-order valence-electron chi connectivity index (χ0n) is 6.94. The standard InChI is InChI=1S/C8H13N3O/c1-2-4-6-5(3-1)7-8(12-7)10-11-9-6/h5-8H,1-4H2,(H,9,10). The number of nitrogens with one attached hydrogen (secondary N) is 1. The van der Waals surface area contributed by atoms with E-state index in [1.54, 1.807) is 0 Å². The molecule has 0 radical (unpaired) electrons. The van der Waals surface area contributed by atoms with Gasteiger partial charge in [-0.1, -0.05) is 18.1 Å². The predicted octanol–water partition coefficient (Wildman–Crippen LogP) is 1.24. The predicted molar refractivity (Wildman–Crippen MR) is 42.4 cm³/mol. The van der Waals surface area contributed by atoms with Gasteiger partial charge in [0, 0.05) is 5.92 Å². The summed E-state index contributed by atoms with van der Waals surface area (Å²) in [6, 6.07) is 0.528. The van der Waals surface area contributed by atoms with Crippen molar-refractivity contribution in [3.8, 4) is 0 Å². The minimum Gasteiger partial charge on any atom is -0.343 e. The third-order valence-electron chi connectivity index (χ3n) is 3.14. The van der Waals surface area contributed by atoms with Crippen LogP contribution in [0.2, 0.25) is 0 Å². The first-order valence-corrected chi connectivity index (χ1v) is 4.76. The molecule has 0 amide bonds. The molecule has 2 fully saturated rings. The first-order chi connectivity index (χ1) is 5.95. The van der Waals surface area contributed by atoms with E-state index in [-0.39, 0.29) is 6.23 Å². The highest BCUT2D eigenvalue weighted by Crippen LogP contribution is 2.40. The van der Waals surface area contributed by atoms with Gasteiger partial charge in [-0.2, -0.15) is 0 Å². The lowest BCUT2D eigenvalue weighted by molar-refractivity contribution is 0.201. The second-order valence-corrected chi connectivity index (χ2v) is 3.89. The molecular formula is C8H13N3O. The molecule has 1 saturated carbocycles. The summed E-state index contributed by atoms with van der Waals surface area (Å²) in [7, 11) is 0. The van der Waals surface area contributed by atoms with Crippen LogP contribution >= 0.6 is 0 Å². The van der Waals surface area contributed by atoms with Gasteiger partial charge in [0.2, 0.25) is 0 Å². The van der Waals surface area contributed by atoms with Crippen molar-refractivity contribution in [1.29, 1.82) is 0 Å². The number of fused-ring (bicyclic) bond motifs is 3. The van der Waals surface area contributed by atoms with Gasteiger partial charge in [0.25, 0.3) is 0 Å². The molecule has 4 atom stereocenters. The molecule has 1 saturated heterocycles. The Labute approximate surface area is 71.4 Å². The fraction of sp³-hybridized carbons (Fsp3) is 1.00. The molecule has 0 aromatic heterocycles. The van der Waals surface area contributed by atoms with Crippen molar-refractivity contribution in [2.75, 3.05) is 0 Å². The SMILES string of the molecule is C1CCC2C(C1)NN=NC1OC12. The van der Waals surface area contributed by atoms with E-state index in [0.717, 1.165) is 0 Å². The number of rotatable bonds is 0. The summed E-state index contributed by atoms with van der Waals surface area (Å²) in [6.07, 6.45) is 5.65. The number of epoxide rings is 1. The minimum atomic E-state index is 0.0885. The van der Waals surface area contributed by atoms with E-state index in [1.807, 2.05) is 0 Å². The topological polar surface area (TPSA) is 49.3 Å². The number of hydrogen-bond donors (Lipinski definition) is 1. The highest BCUT2D eigenvalue weighted by atomic mass is 16.6. The van der Waals surface area contributed by atoms with Crippen LogP contribution in [0.1, 0.15) is 25.7 Å². The molecule has 4 unspecified atom stereocenters. The lowest BCUT2D eigenvalue weighted by Crippen LogP contribution is -2.37. The Bertz CT molecular complexity index is 218. The van der Waals surface area contributed by atoms with Crippen molar-refractivity contribution < 1.29 is 4.74 Å². The van der Waals surface area contributed by atoms with Crippen LogP contribution in [-0.2, 0) is 4.74 Å². The van der Waals surface area contributed by atoms with Gasteiger partial charge >= 0.3 is 0 Å². The zero-order valence-corrected chi connectivity index (χ0v) is 6.94. The van der Waals surface area contributed by atoms with Crippen LogP contribution in [0, 0.1) is 5.92 Å². The lowest BCUT2D eigenvalue weighted by Gasteiger charge is -2.28. The summed E-state index contributed by atoms with van der Waals surface area (Å²) in [4.78, 5) is 0. The average molecular weight is 167 g/mol. The average Bonchev–Trinajstić information content (AvgIpc) is 2.82. The number of ether oxygens (including phenoxy) is 1. The Balaban J connectivity index is 1.81. The quantitative estimate of drug-likeness (QED) is 0.552. The molecule has 0 aromatic carbocycles. The van der Waals surface area contributed by atoms with Crippen molar-refractivity contribution in [3.63, 3.8) is 0 Å². The molecular weight excluding hydrogens is 154 g/mol. The molecule has 2 heterocycles. The smallest absolute Gasteiger partial charge is 0.197 e. The number of hydrogen-bond acceptors (Lipinski definition) is 4. The van der Waals surface area contributed by atoms with Crippen LogP contribution < -0.4 is 5.43 Å². The van der Waals surface area contributed by atoms with Crippen LogP contribution in [0.5, 0.6) is 0 Å². The monoisotopic (exact) mass is 167 g/mol. The second kappa shape index (κ2) is 2.42. The van der Waals surface area contributed by atoms with E-state index in [4.69, 9.17) is 4.74 Å². The molecule has 4 heteroatoms. The molecule has 1 N–H and O–H groups in total. The Hall–Kier alpha value is -0.640. The highest BCUT2D eigenvalue weighted by Gasteiger charge is 2.50. The van der Waals surface area contributed by atoms with Gasteiger partial charge in [0.15, 0.2) is 6.23 Å². The van der Waals surface area contributed by atoms with Crippen LogP contribution in [0.3, 0.4) is 0 Å². The van der Waals surface area contributed by atoms with Crippen molar-refractivity contribution in [1.82, 2.24) is 5.43 Å². The summed E-state index contributed by atoms with van der Waals surface area (Å²) >= 11 is 0. The van der Waals surface area contributed by atoms with Gasteiger partial charge in [-0.3, -0.25) is 5.43 Å². The first kappa shape index (κ1) is 6.83. The molecule has 3 aliphatic rings. The van der Waals surface area contributed by atoms with E-state index in [2.05, 4.69) is 15.8 Å². The zero-order chi connectivity index (χ0) is 7.97. The summed E-state index contributed by atoms with van der Waals surface area (Å²) in [5.74, 6) is 0.666. The second-order valence-electron chi connectivity index (χ2n) is 3.89. The van der Waals surface area contributed by atoms with Gasteiger partial charge in [-0.15, -0.1) is 5.11 Å². The van der Waals surface area contributed by atoms with Crippen molar-refractivity contribution in [2.24, 2.45) is 16.3 Å². The maximum Gasteiger partial charge on any atom is 0.197 e. The Kier molecular flexibility index (Phi) is 1.38. The first-order valence-electron chi connectivity index (χ1n) is 4.76. The van der Waals surface area contributed by atoms with E-state index < -0.39 is 0 Å². The fourth-order valence-electron chi connectivity index (χ4n) is 2.40. The molecule has 4 nitrogen and oxygen atoms in total. The molecule has 66 valence electrons. The highest BCUT2D eigenvalue weighted by molar-refractivity contribution is 4.96. The van der Waals surface area contributed by atoms with E-state index >= 15 is 0 Å². The Morgan fingerprint density at radius 1 is 1.25 bits per heavy atom. The van der Waals surface area contributed by atoms with Gasteiger partial charge in [-0.05, 0) is 12.8 Å². The van der Waals surface area contributed by atoms with Crippen molar-refractivity contribution in [3.05, 3.63) is 0 Å². The number of nitrogens with zero attached hydrogens (tertiary/aromatic N) is 2. The molecule has 0 aromatic rings. The summed E-state index contributed by atoms with van der Waals surface area (Å²) < 4.78 is 5.43. The van der Waals surface area contributed by atoms with E-state index in [0.29, 0.717) is 18.1 Å². The van der Waals surface area contributed by atoms with Gasteiger partial charge in [0.05, 0.1) is 6.04 Å². The summed E-state index contributed by atoms with van der Waals surface area (Å²) in [6.45, 7) is 0. The summed E-state index contributed by atoms with van der Waals surface area (Å²) in [5, 5.41) is 7.94. The maximum atomic E-state index is 5.43. The normalized spacial score (nSPS) is 50.0. The van der Waals surface area contributed by atoms with E-state index in [9.17, 15) is 0 Å². The van der Waals surface area contributed by atoms with Gasteiger partial charge in [0.1, 0.15) is 6.10 Å².